The maximum atomic E-state index is 12.9. The van der Waals surface area contributed by atoms with Crippen LogP contribution in [-0.4, -0.2) is 45.3 Å². The molecule has 130 valence electrons. The van der Waals surface area contributed by atoms with E-state index >= 15 is 0 Å². The molecule has 4 rings (SSSR count). The number of aromatic nitrogens is 3. The maximum Gasteiger partial charge on any atom is 0.253 e. The van der Waals surface area contributed by atoms with Gasteiger partial charge in [-0.15, -0.1) is 10.2 Å². The van der Waals surface area contributed by atoms with Crippen LogP contribution in [0, 0.1) is 6.92 Å². The van der Waals surface area contributed by atoms with Crippen molar-refractivity contribution in [2.75, 3.05) is 19.8 Å². The highest BCUT2D eigenvalue weighted by Gasteiger charge is 2.27. The number of benzene rings is 1. The molecule has 0 atom stereocenters. The van der Waals surface area contributed by atoms with Crippen LogP contribution in [0.25, 0.3) is 6.08 Å². The summed E-state index contributed by atoms with van der Waals surface area (Å²) in [6, 6.07) is 5.66. The van der Waals surface area contributed by atoms with Gasteiger partial charge in [0, 0.05) is 18.7 Å². The fraction of sp³-hybridized carbons (Fsp3) is 0.389. The van der Waals surface area contributed by atoms with Gasteiger partial charge in [0.05, 0.1) is 18.7 Å². The number of carbonyl (C=O) groups is 1. The lowest BCUT2D eigenvalue weighted by Crippen LogP contribution is -2.40. The Labute approximate surface area is 145 Å². The summed E-state index contributed by atoms with van der Waals surface area (Å²) in [5.41, 5.74) is 1.52. The molecular weight excluding hydrogens is 320 g/mol. The van der Waals surface area contributed by atoms with Gasteiger partial charge in [0.1, 0.15) is 23.9 Å². The molecule has 0 N–H and O–H groups in total. The predicted octanol–water partition coefficient (Wildman–Crippen LogP) is 1.80. The molecule has 2 aliphatic heterocycles. The fourth-order valence-corrected chi connectivity index (χ4v) is 3.22. The highest BCUT2D eigenvalue weighted by atomic mass is 16.5. The second-order valence-corrected chi connectivity index (χ2v) is 6.13. The Balaban J connectivity index is 1.56. The van der Waals surface area contributed by atoms with Crippen LogP contribution in [0.4, 0.5) is 0 Å². The van der Waals surface area contributed by atoms with Gasteiger partial charge in [-0.3, -0.25) is 4.79 Å². The predicted molar refractivity (Wildman–Crippen MR) is 91.3 cm³/mol. The third kappa shape index (κ3) is 2.86. The molecule has 2 aliphatic rings. The smallest absolute Gasteiger partial charge is 0.253 e. The molecule has 7 heteroatoms. The van der Waals surface area contributed by atoms with E-state index in [1.807, 2.05) is 38.1 Å². The van der Waals surface area contributed by atoms with E-state index in [2.05, 4.69) is 14.8 Å². The first-order chi connectivity index (χ1) is 12.2. The van der Waals surface area contributed by atoms with Crippen LogP contribution in [0.1, 0.15) is 24.1 Å². The molecule has 2 aromatic rings. The van der Waals surface area contributed by atoms with E-state index in [0.29, 0.717) is 25.3 Å². The Hall–Kier alpha value is -2.83. The molecular formula is C18H20N4O3. The largest absolute Gasteiger partial charge is 0.494 e. The molecule has 0 spiro atoms. The molecule has 3 heterocycles. The number of amides is 1. The molecule has 1 aromatic carbocycles. The first kappa shape index (κ1) is 15.7. The van der Waals surface area contributed by atoms with Crippen LogP contribution in [0.2, 0.25) is 0 Å². The number of fused-ring (bicyclic) bond motifs is 2. The lowest BCUT2D eigenvalue weighted by Gasteiger charge is -2.29. The third-order valence-corrected chi connectivity index (χ3v) is 4.51. The summed E-state index contributed by atoms with van der Waals surface area (Å²) in [6.07, 6.45) is 1.90. The van der Waals surface area contributed by atoms with E-state index in [9.17, 15) is 4.79 Å². The Morgan fingerprint density at radius 2 is 2.20 bits per heavy atom. The molecule has 0 radical (unpaired) electrons. The molecule has 0 bridgehead atoms. The zero-order valence-electron chi connectivity index (χ0n) is 14.4. The fourth-order valence-electron chi connectivity index (χ4n) is 3.22. The summed E-state index contributed by atoms with van der Waals surface area (Å²) in [6.45, 7) is 6.59. The normalized spacial score (nSPS) is 15.8. The second kappa shape index (κ2) is 6.23. The Bertz CT molecular complexity index is 856. The number of carbonyl (C=O) groups excluding carboxylic acids is 1. The van der Waals surface area contributed by atoms with Crippen molar-refractivity contribution in [3.63, 3.8) is 0 Å². The Kier molecular flexibility index (Phi) is 3.91. The number of hydrogen-bond donors (Lipinski definition) is 0. The molecule has 1 amide bonds. The number of nitrogens with zero attached hydrogens (tertiary/aromatic N) is 4. The van der Waals surface area contributed by atoms with Gasteiger partial charge in [-0.1, -0.05) is 0 Å². The van der Waals surface area contributed by atoms with Crippen molar-refractivity contribution in [2.45, 2.75) is 26.9 Å². The van der Waals surface area contributed by atoms with Gasteiger partial charge in [0.2, 0.25) is 0 Å². The molecule has 0 unspecified atom stereocenters. The van der Waals surface area contributed by atoms with E-state index < -0.39 is 0 Å². The summed E-state index contributed by atoms with van der Waals surface area (Å²) >= 11 is 0. The quantitative estimate of drug-likeness (QED) is 0.852. The summed E-state index contributed by atoms with van der Waals surface area (Å²) < 4.78 is 13.3. The van der Waals surface area contributed by atoms with Crippen molar-refractivity contribution >= 4 is 12.0 Å². The molecule has 0 fully saturated rings. The first-order valence-electron chi connectivity index (χ1n) is 8.44. The van der Waals surface area contributed by atoms with Crippen molar-refractivity contribution in [1.29, 1.82) is 0 Å². The lowest BCUT2D eigenvalue weighted by molar-refractivity contribution is -0.128. The molecule has 0 saturated carbocycles. The number of rotatable bonds is 3. The van der Waals surface area contributed by atoms with Gasteiger partial charge in [-0.2, -0.15) is 0 Å². The third-order valence-electron chi connectivity index (χ3n) is 4.51. The lowest BCUT2D eigenvalue weighted by atomic mass is 10.1. The average Bonchev–Trinajstić information content (AvgIpc) is 3.01. The van der Waals surface area contributed by atoms with E-state index in [1.165, 1.54) is 0 Å². The van der Waals surface area contributed by atoms with E-state index in [0.717, 1.165) is 35.3 Å². The minimum absolute atomic E-state index is 0.0145. The number of aryl methyl sites for hydroxylation is 1. The van der Waals surface area contributed by atoms with Crippen molar-refractivity contribution in [1.82, 2.24) is 19.7 Å². The average molecular weight is 340 g/mol. The van der Waals surface area contributed by atoms with Gasteiger partial charge in [0.25, 0.3) is 5.91 Å². The highest BCUT2D eigenvalue weighted by Crippen LogP contribution is 2.31. The molecule has 1 aromatic heterocycles. The van der Waals surface area contributed by atoms with Crippen molar-refractivity contribution in [2.24, 2.45) is 0 Å². The second-order valence-electron chi connectivity index (χ2n) is 6.13. The van der Waals surface area contributed by atoms with Gasteiger partial charge in [-0.25, -0.2) is 0 Å². The summed E-state index contributed by atoms with van der Waals surface area (Å²) in [7, 11) is 0. The molecule has 0 aliphatic carbocycles. The number of hydrogen-bond acceptors (Lipinski definition) is 5. The monoisotopic (exact) mass is 340 g/mol. The van der Waals surface area contributed by atoms with E-state index in [1.54, 1.807) is 4.90 Å². The standard InChI is InChI=1S/C18H20N4O3/c1-3-24-15-4-5-16-13(9-15)8-14(11-25-16)18(23)21-6-7-22-12(2)19-20-17(22)10-21/h4-5,8-9H,3,6-7,10-11H2,1-2H3. The summed E-state index contributed by atoms with van der Waals surface area (Å²) in [5.74, 6) is 3.25. The SMILES string of the molecule is CCOc1ccc2c(c1)C=C(C(=O)N1CCn3c(C)nnc3C1)CO2. The summed E-state index contributed by atoms with van der Waals surface area (Å²) in [5, 5.41) is 8.24. The molecule has 0 saturated heterocycles. The van der Waals surface area contributed by atoms with Gasteiger partial charge >= 0.3 is 0 Å². The highest BCUT2D eigenvalue weighted by molar-refractivity contribution is 5.99. The van der Waals surface area contributed by atoms with Crippen LogP contribution in [0.15, 0.2) is 23.8 Å². The number of ether oxygens (including phenoxy) is 2. The van der Waals surface area contributed by atoms with Gasteiger partial charge < -0.3 is 18.9 Å². The molecule has 25 heavy (non-hydrogen) atoms. The topological polar surface area (TPSA) is 69.5 Å². The zero-order chi connectivity index (χ0) is 17.4. The van der Waals surface area contributed by atoms with Crippen molar-refractivity contribution < 1.29 is 14.3 Å². The van der Waals surface area contributed by atoms with Crippen molar-refractivity contribution in [3.05, 3.63) is 41.0 Å². The zero-order valence-corrected chi connectivity index (χ0v) is 14.4. The van der Waals surface area contributed by atoms with Crippen LogP contribution >= 0.6 is 0 Å². The van der Waals surface area contributed by atoms with Crippen LogP contribution in [0.5, 0.6) is 11.5 Å². The van der Waals surface area contributed by atoms with Crippen molar-refractivity contribution in [3.8, 4) is 11.5 Å². The Morgan fingerprint density at radius 3 is 3.04 bits per heavy atom. The van der Waals surface area contributed by atoms with Gasteiger partial charge in [0.15, 0.2) is 5.82 Å². The van der Waals surface area contributed by atoms with E-state index in [4.69, 9.17) is 9.47 Å². The first-order valence-corrected chi connectivity index (χ1v) is 8.44. The van der Waals surface area contributed by atoms with Crippen LogP contribution in [0.3, 0.4) is 0 Å². The minimum atomic E-state index is -0.0145. The van der Waals surface area contributed by atoms with Crippen LogP contribution in [-0.2, 0) is 17.9 Å². The maximum absolute atomic E-state index is 12.9. The van der Waals surface area contributed by atoms with Gasteiger partial charge in [-0.05, 0) is 38.1 Å². The Morgan fingerprint density at radius 1 is 1.32 bits per heavy atom. The minimum Gasteiger partial charge on any atom is -0.494 e. The van der Waals surface area contributed by atoms with E-state index in [-0.39, 0.29) is 12.5 Å². The molecule has 7 nitrogen and oxygen atoms in total. The van der Waals surface area contributed by atoms with Crippen LogP contribution < -0.4 is 9.47 Å². The summed E-state index contributed by atoms with van der Waals surface area (Å²) in [4.78, 5) is 14.7.